The molecule has 0 aliphatic carbocycles. The van der Waals surface area contributed by atoms with Gasteiger partial charge in [0.15, 0.2) is 0 Å². The predicted octanol–water partition coefficient (Wildman–Crippen LogP) is 3.46. The maximum Gasteiger partial charge on any atom is 0.416 e. The third-order valence-electron chi connectivity index (χ3n) is 3.70. The highest BCUT2D eigenvalue weighted by molar-refractivity contribution is 5.68. The zero-order valence-electron chi connectivity index (χ0n) is 14.1. The number of halogens is 3. The van der Waals surface area contributed by atoms with Crippen LogP contribution in [0, 0.1) is 0 Å². The molecule has 134 valence electrons. The average Bonchev–Trinajstić information content (AvgIpc) is 2.45. The Kier molecular flexibility index (Phi) is 5.42. The van der Waals surface area contributed by atoms with Crippen LogP contribution in [0.2, 0.25) is 0 Å². The normalized spacial score (nSPS) is 19.2. The highest BCUT2D eigenvalue weighted by Crippen LogP contribution is 2.32. The minimum Gasteiger partial charge on any atom is -0.444 e. The van der Waals surface area contributed by atoms with Gasteiger partial charge in [-0.25, -0.2) is 4.79 Å². The van der Waals surface area contributed by atoms with Gasteiger partial charge in [-0.05, 0) is 38.8 Å². The Bertz CT molecular complexity index is 582. The molecule has 0 spiro atoms. The molecule has 1 aliphatic heterocycles. The van der Waals surface area contributed by atoms with Crippen molar-refractivity contribution in [3.63, 3.8) is 0 Å². The summed E-state index contributed by atoms with van der Waals surface area (Å²) in [6.07, 6.45) is -4.61. The molecule has 1 atom stereocenters. The van der Waals surface area contributed by atoms with Crippen LogP contribution in [0.5, 0.6) is 0 Å². The number of carbonyl (C=O) groups is 1. The zero-order valence-corrected chi connectivity index (χ0v) is 14.1. The number of carbonyl (C=O) groups excluding carboxylic acids is 1. The fourth-order valence-electron chi connectivity index (χ4n) is 2.69. The lowest BCUT2D eigenvalue weighted by Gasteiger charge is -2.35. The number of benzene rings is 1. The number of nitrogens with zero attached hydrogens (tertiary/aromatic N) is 1. The van der Waals surface area contributed by atoms with Gasteiger partial charge in [-0.1, -0.05) is 18.2 Å². The molecule has 1 saturated heterocycles. The van der Waals surface area contributed by atoms with Crippen molar-refractivity contribution in [3.05, 3.63) is 35.4 Å². The summed E-state index contributed by atoms with van der Waals surface area (Å²) in [5.41, 5.74) is -0.991. The molecule has 1 aromatic carbocycles. The largest absolute Gasteiger partial charge is 0.444 e. The number of hydrogen-bond donors (Lipinski definition) is 1. The minimum atomic E-state index is -4.38. The fraction of sp³-hybridized carbons (Fsp3) is 0.588. The second kappa shape index (κ2) is 7.01. The molecule has 1 fully saturated rings. The van der Waals surface area contributed by atoms with E-state index in [9.17, 15) is 18.0 Å². The van der Waals surface area contributed by atoms with E-state index in [0.717, 1.165) is 6.07 Å². The van der Waals surface area contributed by atoms with Crippen molar-refractivity contribution < 1.29 is 22.7 Å². The number of alkyl halides is 3. The smallest absolute Gasteiger partial charge is 0.416 e. The van der Waals surface area contributed by atoms with Gasteiger partial charge in [-0.3, -0.25) is 0 Å². The van der Waals surface area contributed by atoms with E-state index >= 15 is 0 Å². The fourth-order valence-corrected chi connectivity index (χ4v) is 2.69. The minimum absolute atomic E-state index is 0.203. The number of ether oxygens (including phenoxy) is 1. The Labute approximate surface area is 140 Å². The van der Waals surface area contributed by atoms with Crippen LogP contribution in [0.25, 0.3) is 0 Å². The van der Waals surface area contributed by atoms with Crippen LogP contribution in [-0.2, 0) is 17.3 Å². The highest BCUT2D eigenvalue weighted by Gasteiger charge is 2.34. The van der Waals surface area contributed by atoms with Crippen LogP contribution in [0.15, 0.2) is 24.3 Å². The molecule has 0 radical (unpaired) electrons. The Morgan fingerprint density at radius 1 is 1.29 bits per heavy atom. The molecular formula is C17H23F3N2O2. The first-order valence-electron chi connectivity index (χ1n) is 7.93. The third kappa shape index (κ3) is 5.12. The van der Waals surface area contributed by atoms with Crippen LogP contribution >= 0.6 is 0 Å². The summed E-state index contributed by atoms with van der Waals surface area (Å²) in [5, 5.41) is 3.18. The van der Waals surface area contributed by atoms with E-state index in [1.54, 1.807) is 31.7 Å². The SMILES string of the molecule is CC(C)(C)OC(=O)N1CCN[C@@H](Cc2ccccc2C(F)(F)F)C1. The van der Waals surface area contributed by atoms with E-state index < -0.39 is 23.4 Å². The van der Waals surface area contributed by atoms with Crippen molar-refractivity contribution in [3.8, 4) is 0 Å². The molecule has 1 N–H and O–H groups in total. The molecule has 1 aromatic rings. The third-order valence-corrected chi connectivity index (χ3v) is 3.70. The molecular weight excluding hydrogens is 321 g/mol. The average molecular weight is 344 g/mol. The van der Waals surface area contributed by atoms with E-state index in [-0.39, 0.29) is 18.0 Å². The van der Waals surface area contributed by atoms with Crippen LogP contribution in [0.3, 0.4) is 0 Å². The lowest BCUT2D eigenvalue weighted by atomic mass is 9.98. The quantitative estimate of drug-likeness (QED) is 0.893. The summed E-state index contributed by atoms with van der Waals surface area (Å²) >= 11 is 0. The van der Waals surface area contributed by atoms with Crippen LogP contribution in [0.1, 0.15) is 31.9 Å². The summed E-state index contributed by atoms with van der Waals surface area (Å²) in [7, 11) is 0. The first-order chi connectivity index (χ1) is 11.1. The molecule has 0 bridgehead atoms. The molecule has 2 rings (SSSR count). The van der Waals surface area contributed by atoms with Crippen molar-refractivity contribution in [2.75, 3.05) is 19.6 Å². The van der Waals surface area contributed by atoms with Crippen molar-refractivity contribution >= 4 is 6.09 Å². The van der Waals surface area contributed by atoms with Crippen molar-refractivity contribution in [2.24, 2.45) is 0 Å². The standard InChI is InChI=1S/C17H23F3N2O2/c1-16(2,3)24-15(23)22-9-8-21-13(11-22)10-12-6-4-5-7-14(12)17(18,19)20/h4-7,13,21H,8-11H2,1-3H3/t13-/m0/s1. The van der Waals surface area contributed by atoms with Crippen molar-refractivity contribution in [2.45, 2.75) is 45.0 Å². The van der Waals surface area contributed by atoms with Crippen LogP contribution in [0.4, 0.5) is 18.0 Å². The van der Waals surface area contributed by atoms with Gasteiger partial charge in [0.25, 0.3) is 0 Å². The van der Waals surface area contributed by atoms with Gasteiger partial charge in [0.1, 0.15) is 5.60 Å². The second-order valence-corrected chi connectivity index (χ2v) is 6.94. The maximum atomic E-state index is 13.1. The van der Waals surface area contributed by atoms with Crippen LogP contribution in [-0.4, -0.2) is 42.3 Å². The van der Waals surface area contributed by atoms with Crippen LogP contribution < -0.4 is 5.32 Å². The molecule has 0 unspecified atom stereocenters. The number of amides is 1. The summed E-state index contributed by atoms with van der Waals surface area (Å²) in [6.45, 7) is 6.67. The van der Waals surface area contributed by atoms with Gasteiger partial charge in [-0.2, -0.15) is 13.2 Å². The van der Waals surface area contributed by atoms with E-state index in [2.05, 4.69) is 5.32 Å². The number of rotatable bonds is 2. The second-order valence-electron chi connectivity index (χ2n) is 6.94. The lowest BCUT2D eigenvalue weighted by molar-refractivity contribution is -0.138. The Morgan fingerprint density at radius 2 is 1.96 bits per heavy atom. The number of nitrogens with one attached hydrogen (secondary N) is 1. The van der Waals surface area contributed by atoms with E-state index in [4.69, 9.17) is 4.74 Å². The van der Waals surface area contributed by atoms with Crippen molar-refractivity contribution in [1.82, 2.24) is 10.2 Å². The molecule has 0 saturated carbocycles. The monoisotopic (exact) mass is 344 g/mol. The van der Waals surface area contributed by atoms with Gasteiger partial charge < -0.3 is 15.0 Å². The predicted molar refractivity (Wildman–Crippen MR) is 84.7 cm³/mol. The maximum absolute atomic E-state index is 13.1. The van der Waals surface area contributed by atoms with Gasteiger partial charge in [0, 0.05) is 25.7 Å². The highest BCUT2D eigenvalue weighted by atomic mass is 19.4. The van der Waals surface area contributed by atoms with Gasteiger partial charge in [0.2, 0.25) is 0 Å². The molecule has 24 heavy (non-hydrogen) atoms. The molecule has 1 heterocycles. The Morgan fingerprint density at radius 3 is 2.58 bits per heavy atom. The lowest BCUT2D eigenvalue weighted by Crippen LogP contribution is -2.54. The van der Waals surface area contributed by atoms with Crippen molar-refractivity contribution in [1.29, 1.82) is 0 Å². The Balaban J connectivity index is 2.05. The van der Waals surface area contributed by atoms with Gasteiger partial charge in [-0.15, -0.1) is 0 Å². The van der Waals surface area contributed by atoms with E-state index in [0.29, 0.717) is 19.6 Å². The molecule has 4 nitrogen and oxygen atoms in total. The first kappa shape index (κ1) is 18.6. The summed E-state index contributed by atoms with van der Waals surface area (Å²) < 4.78 is 44.6. The van der Waals surface area contributed by atoms with E-state index in [1.807, 2.05) is 0 Å². The van der Waals surface area contributed by atoms with Gasteiger partial charge >= 0.3 is 12.3 Å². The summed E-state index contributed by atoms with van der Waals surface area (Å²) in [6, 6.07) is 5.31. The molecule has 0 aromatic heterocycles. The first-order valence-corrected chi connectivity index (χ1v) is 7.93. The summed E-state index contributed by atoms with van der Waals surface area (Å²) in [5.74, 6) is 0. The number of piperazine rings is 1. The molecule has 1 aliphatic rings. The molecule has 1 amide bonds. The number of hydrogen-bond acceptors (Lipinski definition) is 3. The van der Waals surface area contributed by atoms with E-state index in [1.165, 1.54) is 12.1 Å². The topological polar surface area (TPSA) is 41.6 Å². The zero-order chi connectivity index (χ0) is 18.0. The Hall–Kier alpha value is -1.76. The molecule has 7 heteroatoms. The summed E-state index contributed by atoms with van der Waals surface area (Å²) in [4.78, 5) is 13.7. The van der Waals surface area contributed by atoms with Gasteiger partial charge in [0.05, 0.1) is 5.56 Å².